The van der Waals surface area contributed by atoms with Crippen molar-refractivity contribution in [3.05, 3.63) is 23.8 Å². The zero-order chi connectivity index (χ0) is 10.1. The third kappa shape index (κ3) is 1.51. The van der Waals surface area contributed by atoms with E-state index in [0.717, 1.165) is 16.4 Å². The number of thioether (sulfide) groups is 1. The van der Waals surface area contributed by atoms with Gasteiger partial charge in [0.15, 0.2) is 6.29 Å². The molecule has 0 fully saturated rings. The van der Waals surface area contributed by atoms with Gasteiger partial charge >= 0.3 is 0 Å². The SMILES string of the molecule is CSc1cc2cc(N)cc(C=O)c2s1. The van der Waals surface area contributed by atoms with Crippen molar-refractivity contribution in [1.82, 2.24) is 0 Å². The van der Waals surface area contributed by atoms with Gasteiger partial charge in [0, 0.05) is 16.0 Å². The average Bonchev–Trinajstić information content (AvgIpc) is 2.59. The molecule has 1 heterocycles. The molecule has 0 spiro atoms. The number of carbonyl (C=O) groups is 1. The molecule has 0 amide bonds. The molecular formula is C10H9NOS2. The largest absolute Gasteiger partial charge is 0.399 e. The van der Waals surface area contributed by atoms with Crippen molar-refractivity contribution in [1.29, 1.82) is 0 Å². The maximum atomic E-state index is 10.8. The number of nitrogen functional groups attached to an aromatic ring is 1. The van der Waals surface area contributed by atoms with Crippen LogP contribution in [0.1, 0.15) is 10.4 Å². The van der Waals surface area contributed by atoms with E-state index in [9.17, 15) is 4.79 Å². The predicted molar refractivity (Wildman–Crippen MR) is 63.4 cm³/mol. The van der Waals surface area contributed by atoms with E-state index in [2.05, 4.69) is 6.07 Å². The molecule has 0 aliphatic rings. The van der Waals surface area contributed by atoms with Gasteiger partial charge in [-0.05, 0) is 29.8 Å². The molecule has 0 saturated heterocycles. The number of fused-ring (bicyclic) bond motifs is 1. The van der Waals surface area contributed by atoms with Gasteiger partial charge in [-0.3, -0.25) is 4.79 Å². The third-order valence-electron chi connectivity index (χ3n) is 1.97. The van der Waals surface area contributed by atoms with Gasteiger partial charge in [-0.25, -0.2) is 0 Å². The van der Waals surface area contributed by atoms with Gasteiger partial charge in [0.2, 0.25) is 0 Å². The minimum atomic E-state index is 0.644. The molecule has 2 rings (SSSR count). The lowest BCUT2D eigenvalue weighted by molar-refractivity contribution is 0.112. The Balaban J connectivity index is 2.77. The van der Waals surface area contributed by atoms with Gasteiger partial charge in [-0.1, -0.05) is 0 Å². The van der Waals surface area contributed by atoms with E-state index in [0.29, 0.717) is 11.3 Å². The zero-order valence-electron chi connectivity index (χ0n) is 7.61. The highest BCUT2D eigenvalue weighted by Crippen LogP contribution is 2.34. The maximum Gasteiger partial charge on any atom is 0.151 e. The lowest BCUT2D eigenvalue weighted by Gasteiger charge is -1.96. The molecule has 0 bridgehead atoms. The molecule has 2 aromatic rings. The molecule has 0 atom stereocenters. The number of rotatable bonds is 2. The first-order valence-corrected chi connectivity index (χ1v) is 6.11. The monoisotopic (exact) mass is 223 g/mol. The second-order valence-electron chi connectivity index (χ2n) is 2.92. The summed E-state index contributed by atoms with van der Waals surface area (Å²) < 4.78 is 2.23. The molecule has 0 aliphatic carbocycles. The molecule has 0 aliphatic heterocycles. The third-order valence-corrected chi connectivity index (χ3v) is 4.24. The molecule has 72 valence electrons. The molecule has 0 unspecified atom stereocenters. The van der Waals surface area contributed by atoms with Gasteiger partial charge < -0.3 is 5.73 Å². The smallest absolute Gasteiger partial charge is 0.151 e. The van der Waals surface area contributed by atoms with Gasteiger partial charge in [0.25, 0.3) is 0 Å². The lowest BCUT2D eigenvalue weighted by Crippen LogP contribution is -1.87. The number of carbonyl (C=O) groups excluding carboxylic acids is 1. The first-order chi connectivity index (χ1) is 6.74. The number of aldehydes is 1. The van der Waals surface area contributed by atoms with Crippen LogP contribution in [-0.2, 0) is 0 Å². The van der Waals surface area contributed by atoms with E-state index in [1.54, 1.807) is 29.2 Å². The van der Waals surface area contributed by atoms with Crippen molar-refractivity contribution >= 4 is 45.2 Å². The Morgan fingerprint density at radius 1 is 1.43 bits per heavy atom. The van der Waals surface area contributed by atoms with E-state index < -0.39 is 0 Å². The van der Waals surface area contributed by atoms with Gasteiger partial charge in [0.05, 0.1) is 4.21 Å². The number of benzene rings is 1. The number of thiophene rings is 1. The summed E-state index contributed by atoms with van der Waals surface area (Å²) in [7, 11) is 0. The summed E-state index contributed by atoms with van der Waals surface area (Å²) in [5, 5.41) is 1.06. The summed E-state index contributed by atoms with van der Waals surface area (Å²) in [6.45, 7) is 0. The molecule has 2 nitrogen and oxygen atoms in total. The van der Waals surface area contributed by atoms with Crippen LogP contribution in [0.2, 0.25) is 0 Å². The highest BCUT2D eigenvalue weighted by Gasteiger charge is 2.06. The Morgan fingerprint density at radius 3 is 2.86 bits per heavy atom. The quantitative estimate of drug-likeness (QED) is 0.483. The lowest BCUT2D eigenvalue weighted by atomic mass is 10.1. The van der Waals surface area contributed by atoms with Gasteiger partial charge in [-0.2, -0.15) is 0 Å². The van der Waals surface area contributed by atoms with E-state index in [1.165, 1.54) is 4.21 Å². The van der Waals surface area contributed by atoms with E-state index in [4.69, 9.17) is 5.73 Å². The second-order valence-corrected chi connectivity index (χ2v) is 5.07. The van der Waals surface area contributed by atoms with Crippen molar-refractivity contribution in [2.75, 3.05) is 12.0 Å². The van der Waals surface area contributed by atoms with Crippen molar-refractivity contribution in [2.45, 2.75) is 4.21 Å². The summed E-state index contributed by atoms with van der Waals surface area (Å²) >= 11 is 3.31. The zero-order valence-corrected chi connectivity index (χ0v) is 9.24. The highest BCUT2D eigenvalue weighted by atomic mass is 32.2. The standard InChI is InChI=1S/C10H9NOS2/c1-13-9-4-6-2-8(11)3-7(5-12)10(6)14-9/h2-5H,11H2,1H3. The molecular weight excluding hydrogens is 214 g/mol. The number of hydrogen-bond acceptors (Lipinski definition) is 4. The van der Waals surface area contributed by atoms with Crippen LogP contribution < -0.4 is 5.73 Å². The molecule has 4 heteroatoms. The Labute approximate surface area is 90.1 Å². The van der Waals surface area contributed by atoms with Crippen LogP contribution >= 0.6 is 23.1 Å². The normalized spacial score (nSPS) is 10.6. The van der Waals surface area contributed by atoms with Gasteiger partial charge in [0.1, 0.15) is 0 Å². The molecule has 0 radical (unpaired) electrons. The Kier molecular flexibility index (Phi) is 2.48. The average molecular weight is 223 g/mol. The maximum absolute atomic E-state index is 10.8. The summed E-state index contributed by atoms with van der Waals surface area (Å²) in [4.78, 5) is 10.8. The fraction of sp³-hybridized carbons (Fsp3) is 0.100. The number of hydrogen-bond donors (Lipinski definition) is 1. The molecule has 1 aromatic heterocycles. The summed E-state index contributed by atoms with van der Waals surface area (Å²) in [5.41, 5.74) is 7.02. The first-order valence-electron chi connectivity index (χ1n) is 4.07. The highest BCUT2D eigenvalue weighted by molar-refractivity contribution is 8.00. The van der Waals surface area contributed by atoms with E-state index >= 15 is 0 Å². The van der Waals surface area contributed by atoms with Crippen molar-refractivity contribution in [2.24, 2.45) is 0 Å². The van der Waals surface area contributed by atoms with Crippen molar-refractivity contribution in [3.8, 4) is 0 Å². The topological polar surface area (TPSA) is 43.1 Å². The molecule has 2 N–H and O–H groups in total. The summed E-state index contributed by atoms with van der Waals surface area (Å²) in [6.07, 6.45) is 2.88. The van der Waals surface area contributed by atoms with Crippen molar-refractivity contribution in [3.63, 3.8) is 0 Å². The van der Waals surface area contributed by atoms with Crippen molar-refractivity contribution < 1.29 is 4.79 Å². The van der Waals surface area contributed by atoms with Crippen LogP contribution in [0, 0.1) is 0 Å². The Bertz CT molecular complexity index is 490. The second kappa shape index (κ2) is 3.63. The Hall–Kier alpha value is -1.00. The molecule has 14 heavy (non-hydrogen) atoms. The summed E-state index contributed by atoms with van der Waals surface area (Å²) in [6, 6.07) is 5.68. The Morgan fingerprint density at radius 2 is 2.21 bits per heavy atom. The fourth-order valence-corrected chi connectivity index (χ4v) is 3.04. The first kappa shape index (κ1) is 9.55. The molecule has 1 aromatic carbocycles. The van der Waals surface area contributed by atoms with Crippen LogP contribution in [0.4, 0.5) is 5.69 Å². The fourth-order valence-electron chi connectivity index (χ4n) is 1.37. The number of nitrogens with two attached hydrogens (primary N) is 1. The minimum absolute atomic E-state index is 0.644. The van der Waals surface area contributed by atoms with Gasteiger partial charge in [-0.15, -0.1) is 23.1 Å². The van der Waals surface area contributed by atoms with Crippen LogP contribution in [0.15, 0.2) is 22.4 Å². The van der Waals surface area contributed by atoms with Crippen LogP contribution in [0.5, 0.6) is 0 Å². The predicted octanol–water partition coefficient (Wildman–Crippen LogP) is 3.02. The van der Waals surface area contributed by atoms with E-state index in [1.807, 2.05) is 12.3 Å². The van der Waals surface area contributed by atoms with E-state index in [-0.39, 0.29) is 0 Å². The number of anilines is 1. The van der Waals surface area contributed by atoms with Crippen LogP contribution in [0.25, 0.3) is 10.1 Å². The molecule has 0 saturated carbocycles. The minimum Gasteiger partial charge on any atom is -0.399 e. The van der Waals surface area contributed by atoms with Crippen LogP contribution in [0.3, 0.4) is 0 Å². The van der Waals surface area contributed by atoms with Crippen LogP contribution in [-0.4, -0.2) is 12.5 Å². The summed E-state index contributed by atoms with van der Waals surface area (Å²) in [5.74, 6) is 0.